The van der Waals surface area contributed by atoms with Crippen LogP contribution in [0.25, 0.3) is 10.8 Å². The van der Waals surface area contributed by atoms with Gasteiger partial charge in [-0.3, -0.25) is 9.59 Å². The van der Waals surface area contributed by atoms with Crippen molar-refractivity contribution in [2.24, 2.45) is 0 Å². The zero-order valence-electron chi connectivity index (χ0n) is 19.2. The lowest BCUT2D eigenvalue weighted by molar-refractivity contribution is -0.134. The molecule has 178 valence electrons. The third-order valence-electron chi connectivity index (χ3n) is 5.83. The molecule has 0 unspecified atom stereocenters. The van der Waals surface area contributed by atoms with Crippen molar-refractivity contribution in [3.63, 3.8) is 0 Å². The molecule has 3 heterocycles. The fraction of sp³-hybridized carbons (Fsp3) is 0.417. The molecule has 0 aliphatic carbocycles. The van der Waals surface area contributed by atoms with E-state index >= 15 is 0 Å². The molecule has 10 heteroatoms. The highest BCUT2D eigenvalue weighted by atomic mass is 16.5. The van der Waals surface area contributed by atoms with E-state index in [1.54, 1.807) is 47.6 Å². The summed E-state index contributed by atoms with van der Waals surface area (Å²) < 4.78 is 6.66. The van der Waals surface area contributed by atoms with Crippen LogP contribution in [0.5, 0.6) is 0 Å². The topological polar surface area (TPSA) is 111 Å². The van der Waals surface area contributed by atoms with Crippen LogP contribution >= 0.6 is 0 Å². The minimum atomic E-state index is -0.717. The van der Waals surface area contributed by atoms with Gasteiger partial charge in [-0.1, -0.05) is 38.0 Å². The minimum absolute atomic E-state index is 0.0468. The molecule has 1 aliphatic rings. The number of aromatic nitrogens is 4. The summed E-state index contributed by atoms with van der Waals surface area (Å²) in [4.78, 5) is 50.5. The zero-order chi connectivity index (χ0) is 23.9. The second kappa shape index (κ2) is 10.9. The Kier molecular flexibility index (Phi) is 7.46. The monoisotopic (exact) mass is 464 g/mol. The number of fused-ring (bicyclic) bond motifs is 1. The highest BCUT2D eigenvalue weighted by Gasteiger charge is 2.24. The first kappa shape index (κ1) is 23.3. The minimum Gasteiger partial charge on any atom is -0.451 e. The van der Waals surface area contributed by atoms with Gasteiger partial charge in [0.1, 0.15) is 0 Å². The molecule has 4 rings (SSSR count). The number of hydrogen-bond acceptors (Lipinski definition) is 8. The molecule has 0 saturated carbocycles. The second-order valence-electron chi connectivity index (χ2n) is 8.12. The second-order valence-corrected chi connectivity index (χ2v) is 8.12. The van der Waals surface area contributed by atoms with Gasteiger partial charge in [-0.2, -0.15) is 5.10 Å². The third kappa shape index (κ3) is 5.22. The normalized spacial score (nSPS) is 13.8. The molecule has 1 aromatic carbocycles. The van der Waals surface area contributed by atoms with Crippen molar-refractivity contribution in [2.45, 2.75) is 32.7 Å². The maximum absolute atomic E-state index is 12.9. The Balaban J connectivity index is 1.40. The van der Waals surface area contributed by atoms with E-state index in [9.17, 15) is 14.4 Å². The molecule has 0 spiro atoms. The summed E-state index contributed by atoms with van der Waals surface area (Å²) >= 11 is 0. The van der Waals surface area contributed by atoms with Gasteiger partial charge >= 0.3 is 5.97 Å². The van der Waals surface area contributed by atoms with Gasteiger partial charge in [0.2, 0.25) is 5.95 Å². The molecular formula is C24H28N6O4. The number of esters is 1. The number of amides is 1. The lowest BCUT2D eigenvalue weighted by Crippen LogP contribution is -2.50. The van der Waals surface area contributed by atoms with E-state index in [0.29, 0.717) is 49.4 Å². The van der Waals surface area contributed by atoms with Gasteiger partial charge in [0.25, 0.3) is 11.5 Å². The molecule has 2 aromatic heterocycles. The van der Waals surface area contributed by atoms with E-state index in [1.165, 1.54) is 4.68 Å². The quantitative estimate of drug-likeness (QED) is 0.367. The molecule has 3 aromatic rings. The van der Waals surface area contributed by atoms with Crippen LogP contribution in [0.1, 0.15) is 36.7 Å². The fourth-order valence-electron chi connectivity index (χ4n) is 3.95. The number of rotatable bonds is 8. The predicted octanol–water partition coefficient (Wildman–Crippen LogP) is 1.88. The van der Waals surface area contributed by atoms with Crippen molar-refractivity contribution in [3.8, 4) is 0 Å². The molecule has 10 nitrogen and oxygen atoms in total. The summed E-state index contributed by atoms with van der Waals surface area (Å²) in [5.74, 6) is -0.360. The van der Waals surface area contributed by atoms with E-state index in [-0.39, 0.29) is 23.8 Å². The van der Waals surface area contributed by atoms with Crippen molar-refractivity contribution in [1.82, 2.24) is 24.6 Å². The van der Waals surface area contributed by atoms with E-state index in [0.717, 1.165) is 19.3 Å². The summed E-state index contributed by atoms with van der Waals surface area (Å²) in [5.41, 5.74) is -0.190. The highest BCUT2D eigenvalue weighted by Crippen LogP contribution is 2.15. The Morgan fingerprint density at radius 1 is 0.971 bits per heavy atom. The first-order chi connectivity index (χ1) is 16.6. The number of carbonyl (C=O) groups is 2. The van der Waals surface area contributed by atoms with Crippen molar-refractivity contribution >= 4 is 28.6 Å². The van der Waals surface area contributed by atoms with Gasteiger partial charge in [-0.25, -0.2) is 19.4 Å². The number of nitrogens with zero attached hydrogens (tertiary/aromatic N) is 6. The van der Waals surface area contributed by atoms with Crippen molar-refractivity contribution in [3.05, 3.63) is 58.8 Å². The predicted molar refractivity (Wildman–Crippen MR) is 127 cm³/mol. The van der Waals surface area contributed by atoms with Crippen LogP contribution in [0, 0.1) is 0 Å². The number of aryl methyl sites for hydroxylation is 1. The largest absolute Gasteiger partial charge is 0.451 e. The number of hydrogen-bond donors (Lipinski definition) is 0. The number of piperazine rings is 1. The van der Waals surface area contributed by atoms with Crippen LogP contribution in [0.15, 0.2) is 47.5 Å². The van der Waals surface area contributed by atoms with Crippen LogP contribution in [0.4, 0.5) is 5.95 Å². The van der Waals surface area contributed by atoms with Gasteiger partial charge in [0.15, 0.2) is 12.3 Å². The van der Waals surface area contributed by atoms with Gasteiger partial charge in [0, 0.05) is 50.5 Å². The Morgan fingerprint density at radius 3 is 2.38 bits per heavy atom. The van der Waals surface area contributed by atoms with E-state index in [1.807, 2.05) is 4.90 Å². The maximum Gasteiger partial charge on any atom is 0.359 e. The third-order valence-corrected chi connectivity index (χ3v) is 5.83. The molecule has 0 N–H and O–H groups in total. The standard InChI is InChI=1S/C24H28N6O4/c1-2-3-6-12-30-22(32)19-9-5-4-8-18(19)21(27-30)23(33)34-17-20(31)28-13-15-29(16-14-28)24-25-10-7-11-26-24/h4-5,7-11H,2-3,6,12-17H2,1H3. The summed E-state index contributed by atoms with van der Waals surface area (Å²) in [6, 6.07) is 8.59. The molecule has 0 radical (unpaired) electrons. The average molecular weight is 465 g/mol. The van der Waals surface area contributed by atoms with Crippen molar-refractivity contribution in [2.75, 3.05) is 37.7 Å². The molecule has 1 saturated heterocycles. The smallest absolute Gasteiger partial charge is 0.359 e. The highest BCUT2D eigenvalue weighted by molar-refractivity contribution is 6.02. The molecule has 0 atom stereocenters. The van der Waals surface area contributed by atoms with Crippen molar-refractivity contribution in [1.29, 1.82) is 0 Å². The Morgan fingerprint density at radius 2 is 1.68 bits per heavy atom. The summed E-state index contributed by atoms with van der Waals surface area (Å²) in [7, 11) is 0. The van der Waals surface area contributed by atoms with E-state index < -0.39 is 5.97 Å². The molecule has 0 bridgehead atoms. The Hall–Kier alpha value is -3.82. The van der Waals surface area contributed by atoms with E-state index in [2.05, 4.69) is 22.0 Å². The average Bonchev–Trinajstić information content (AvgIpc) is 2.89. The number of ether oxygens (including phenoxy) is 1. The van der Waals surface area contributed by atoms with Crippen molar-refractivity contribution < 1.29 is 14.3 Å². The first-order valence-corrected chi connectivity index (χ1v) is 11.5. The lowest BCUT2D eigenvalue weighted by Gasteiger charge is -2.34. The molecule has 34 heavy (non-hydrogen) atoms. The van der Waals surface area contributed by atoms with Gasteiger partial charge in [-0.05, 0) is 18.6 Å². The molecule has 1 aliphatic heterocycles. The van der Waals surface area contributed by atoms with Crippen LogP contribution in [0.2, 0.25) is 0 Å². The Labute approximate surface area is 197 Å². The first-order valence-electron chi connectivity index (χ1n) is 11.5. The van der Waals surface area contributed by atoms with Crippen LogP contribution < -0.4 is 10.5 Å². The zero-order valence-corrected chi connectivity index (χ0v) is 19.2. The van der Waals surface area contributed by atoms with Crippen LogP contribution in [0.3, 0.4) is 0 Å². The summed E-state index contributed by atoms with van der Waals surface area (Å²) in [5, 5.41) is 5.12. The van der Waals surface area contributed by atoms with Gasteiger partial charge in [0.05, 0.1) is 5.39 Å². The number of unbranched alkanes of at least 4 members (excludes halogenated alkanes) is 2. The Bertz CT molecular complexity index is 1210. The van der Waals surface area contributed by atoms with Crippen LogP contribution in [-0.4, -0.2) is 69.3 Å². The molecular weight excluding hydrogens is 436 g/mol. The molecule has 1 amide bonds. The van der Waals surface area contributed by atoms with Gasteiger partial charge in [-0.15, -0.1) is 0 Å². The maximum atomic E-state index is 12.9. The van der Waals surface area contributed by atoms with E-state index in [4.69, 9.17) is 4.74 Å². The summed E-state index contributed by atoms with van der Waals surface area (Å²) in [6.07, 6.45) is 6.12. The number of carbonyl (C=O) groups excluding carboxylic acids is 2. The van der Waals surface area contributed by atoms with Gasteiger partial charge < -0.3 is 14.5 Å². The number of benzene rings is 1. The summed E-state index contributed by atoms with van der Waals surface area (Å²) in [6.45, 7) is 4.27. The SMILES string of the molecule is CCCCCn1nc(C(=O)OCC(=O)N2CCN(c3ncccn3)CC2)c2ccccc2c1=O. The van der Waals surface area contributed by atoms with Crippen LogP contribution in [-0.2, 0) is 16.1 Å². The number of anilines is 1. The molecule has 1 fully saturated rings. The lowest BCUT2D eigenvalue weighted by atomic mass is 10.1. The fourth-order valence-corrected chi connectivity index (χ4v) is 3.95.